The third-order valence-electron chi connectivity index (χ3n) is 6.14. The van der Waals surface area contributed by atoms with Crippen molar-refractivity contribution in [1.82, 2.24) is 14.7 Å². The molecule has 2 fully saturated rings. The first kappa shape index (κ1) is 23.7. The Kier molecular flexibility index (Phi) is 7.36. The van der Waals surface area contributed by atoms with Gasteiger partial charge in [0.2, 0.25) is 0 Å². The molecular formula is C25H35N3O5. The number of benzene rings is 1. The molecule has 2 amide bonds. The number of imide groups is 1. The second-order valence-electron chi connectivity index (χ2n) is 9.29. The van der Waals surface area contributed by atoms with Gasteiger partial charge < -0.3 is 19.1 Å². The summed E-state index contributed by atoms with van der Waals surface area (Å²) in [6.07, 6.45) is 0.0246. The van der Waals surface area contributed by atoms with E-state index in [0.29, 0.717) is 50.7 Å². The lowest BCUT2D eigenvalue weighted by atomic mass is 10.0. The fourth-order valence-corrected chi connectivity index (χ4v) is 4.72. The van der Waals surface area contributed by atoms with E-state index in [1.807, 2.05) is 56.9 Å². The van der Waals surface area contributed by atoms with Gasteiger partial charge in [0.25, 0.3) is 11.8 Å². The van der Waals surface area contributed by atoms with Crippen LogP contribution in [-0.2, 0) is 19.1 Å². The average molecular weight is 458 g/mol. The molecule has 2 unspecified atom stereocenters. The fourth-order valence-electron chi connectivity index (χ4n) is 4.72. The number of hydrogen-bond acceptors (Lipinski definition) is 7. The van der Waals surface area contributed by atoms with Crippen LogP contribution in [0.15, 0.2) is 30.0 Å². The van der Waals surface area contributed by atoms with Crippen molar-refractivity contribution in [3.05, 3.63) is 35.5 Å². The van der Waals surface area contributed by atoms with E-state index in [9.17, 15) is 9.59 Å². The van der Waals surface area contributed by atoms with Crippen LogP contribution in [0, 0.1) is 0 Å². The molecule has 8 heteroatoms. The minimum atomic E-state index is -0.229. The molecule has 0 radical (unpaired) electrons. The van der Waals surface area contributed by atoms with Gasteiger partial charge in [-0.15, -0.1) is 0 Å². The van der Waals surface area contributed by atoms with Gasteiger partial charge in [0.05, 0.1) is 37.1 Å². The normalized spacial score (nSPS) is 24.9. The molecule has 2 atom stereocenters. The monoisotopic (exact) mass is 457 g/mol. The summed E-state index contributed by atoms with van der Waals surface area (Å²) in [6, 6.07) is 7.46. The highest BCUT2D eigenvalue weighted by molar-refractivity contribution is 6.35. The molecule has 0 N–H and O–H groups in total. The third-order valence-corrected chi connectivity index (χ3v) is 6.14. The van der Waals surface area contributed by atoms with Gasteiger partial charge in [-0.3, -0.25) is 19.4 Å². The maximum atomic E-state index is 13.6. The lowest BCUT2D eigenvalue weighted by Crippen LogP contribution is -2.48. The Labute approximate surface area is 196 Å². The van der Waals surface area contributed by atoms with Crippen LogP contribution < -0.4 is 4.74 Å². The average Bonchev–Trinajstić information content (AvgIpc) is 3.02. The summed E-state index contributed by atoms with van der Waals surface area (Å²) in [4.78, 5) is 32.8. The second-order valence-corrected chi connectivity index (χ2v) is 9.29. The summed E-state index contributed by atoms with van der Waals surface area (Å²) in [5, 5.41) is 0. The molecule has 8 nitrogen and oxygen atoms in total. The maximum Gasteiger partial charge on any atom is 0.277 e. The lowest BCUT2D eigenvalue weighted by Gasteiger charge is -2.37. The van der Waals surface area contributed by atoms with Crippen LogP contribution in [0.4, 0.5) is 0 Å². The Morgan fingerprint density at radius 1 is 0.970 bits per heavy atom. The number of rotatable bonds is 7. The predicted octanol–water partition coefficient (Wildman–Crippen LogP) is 2.00. The van der Waals surface area contributed by atoms with Gasteiger partial charge >= 0.3 is 0 Å². The Hall–Kier alpha value is -2.42. The summed E-state index contributed by atoms with van der Waals surface area (Å²) in [6.45, 7) is 13.1. The van der Waals surface area contributed by atoms with Gasteiger partial charge in [0, 0.05) is 39.3 Å². The van der Waals surface area contributed by atoms with Crippen LogP contribution in [0.2, 0.25) is 0 Å². The van der Waals surface area contributed by atoms with Crippen LogP contribution >= 0.6 is 0 Å². The summed E-state index contributed by atoms with van der Waals surface area (Å²) in [5.41, 5.74) is 1.70. The zero-order valence-electron chi connectivity index (χ0n) is 20.1. The molecular weight excluding hydrogens is 422 g/mol. The van der Waals surface area contributed by atoms with Gasteiger partial charge in [0.15, 0.2) is 0 Å². The number of ether oxygens (including phenoxy) is 3. The van der Waals surface area contributed by atoms with Crippen molar-refractivity contribution in [1.29, 1.82) is 0 Å². The highest BCUT2D eigenvalue weighted by Crippen LogP contribution is 2.34. The molecule has 0 spiro atoms. The van der Waals surface area contributed by atoms with Crippen molar-refractivity contribution in [3.63, 3.8) is 0 Å². The van der Waals surface area contributed by atoms with Crippen LogP contribution in [0.25, 0.3) is 5.57 Å². The van der Waals surface area contributed by atoms with Crippen molar-refractivity contribution in [2.75, 3.05) is 52.5 Å². The van der Waals surface area contributed by atoms with E-state index in [0.717, 1.165) is 24.4 Å². The molecule has 0 saturated carbocycles. The van der Waals surface area contributed by atoms with E-state index in [2.05, 4.69) is 4.90 Å². The van der Waals surface area contributed by atoms with Crippen molar-refractivity contribution in [2.24, 2.45) is 0 Å². The Bertz CT molecular complexity index is 882. The van der Waals surface area contributed by atoms with Gasteiger partial charge in [-0.2, -0.15) is 0 Å². The van der Waals surface area contributed by atoms with Crippen molar-refractivity contribution >= 4 is 17.4 Å². The molecule has 3 aliphatic heterocycles. The first-order valence-corrected chi connectivity index (χ1v) is 11.9. The van der Waals surface area contributed by atoms with Crippen molar-refractivity contribution in [3.8, 4) is 5.75 Å². The van der Waals surface area contributed by atoms with Gasteiger partial charge in [-0.05, 0) is 45.4 Å². The van der Waals surface area contributed by atoms with Crippen LogP contribution in [0.3, 0.4) is 0 Å². The first-order valence-electron chi connectivity index (χ1n) is 11.9. The first-order chi connectivity index (χ1) is 15.8. The zero-order chi connectivity index (χ0) is 23.5. The number of hydrogen-bond donors (Lipinski definition) is 0. The Morgan fingerprint density at radius 2 is 1.61 bits per heavy atom. The zero-order valence-corrected chi connectivity index (χ0v) is 20.1. The molecule has 33 heavy (non-hydrogen) atoms. The van der Waals surface area contributed by atoms with E-state index >= 15 is 0 Å². The highest BCUT2D eigenvalue weighted by atomic mass is 16.5. The van der Waals surface area contributed by atoms with Gasteiger partial charge in [-0.1, -0.05) is 12.1 Å². The van der Waals surface area contributed by atoms with Gasteiger partial charge in [0.1, 0.15) is 11.4 Å². The Balaban J connectivity index is 1.62. The molecule has 0 aliphatic carbocycles. The molecule has 3 heterocycles. The molecule has 0 bridgehead atoms. The largest absolute Gasteiger partial charge is 0.491 e. The summed E-state index contributed by atoms with van der Waals surface area (Å²) >= 11 is 0. The smallest absolute Gasteiger partial charge is 0.277 e. The van der Waals surface area contributed by atoms with Crippen LogP contribution in [0.1, 0.15) is 33.3 Å². The fraction of sp³-hybridized carbons (Fsp3) is 0.600. The summed E-state index contributed by atoms with van der Waals surface area (Å²) in [7, 11) is 0. The molecule has 3 aliphatic rings. The minimum absolute atomic E-state index is 0.0189. The predicted molar refractivity (Wildman–Crippen MR) is 125 cm³/mol. The second kappa shape index (κ2) is 10.2. The van der Waals surface area contributed by atoms with Crippen LogP contribution in [-0.4, -0.2) is 97.3 Å². The standard InChI is InChI=1S/C25H35N3O5/c1-17(2)32-21-7-5-20(6-8-21)22-23(27-15-18(3)33-19(4)16-27)25(30)28(24(22)29)10-9-26-11-13-31-14-12-26/h5-8,17-19H,9-16H2,1-4H3. The molecule has 0 aromatic heterocycles. The number of nitrogens with zero attached hydrogens (tertiary/aromatic N) is 3. The van der Waals surface area contributed by atoms with Crippen molar-refractivity contribution < 1.29 is 23.8 Å². The molecule has 1 aromatic rings. The number of carbonyl (C=O) groups excluding carboxylic acids is 2. The van der Waals surface area contributed by atoms with Crippen LogP contribution in [0.5, 0.6) is 5.75 Å². The molecule has 2 saturated heterocycles. The quantitative estimate of drug-likeness (QED) is 0.580. The van der Waals surface area contributed by atoms with E-state index in [1.165, 1.54) is 4.90 Å². The molecule has 180 valence electrons. The summed E-state index contributed by atoms with van der Waals surface area (Å²) in [5.74, 6) is 0.296. The molecule has 1 aromatic carbocycles. The SMILES string of the molecule is CC(C)Oc1ccc(C2=C(N3CC(C)OC(C)C3)C(=O)N(CCN3CCOCC3)C2=O)cc1. The van der Waals surface area contributed by atoms with E-state index in [-0.39, 0.29) is 30.1 Å². The number of morpholine rings is 2. The van der Waals surface area contributed by atoms with E-state index in [4.69, 9.17) is 14.2 Å². The minimum Gasteiger partial charge on any atom is -0.491 e. The maximum absolute atomic E-state index is 13.6. The van der Waals surface area contributed by atoms with Crippen molar-refractivity contribution in [2.45, 2.75) is 46.0 Å². The van der Waals surface area contributed by atoms with E-state index < -0.39 is 0 Å². The summed E-state index contributed by atoms with van der Waals surface area (Å²) < 4.78 is 17.0. The number of carbonyl (C=O) groups is 2. The van der Waals surface area contributed by atoms with E-state index in [1.54, 1.807) is 0 Å². The lowest BCUT2D eigenvalue weighted by molar-refractivity contribution is -0.138. The molecule has 4 rings (SSSR count). The Morgan fingerprint density at radius 3 is 2.21 bits per heavy atom. The topological polar surface area (TPSA) is 71.6 Å². The van der Waals surface area contributed by atoms with Gasteiger partial charge in [-0.25, -0.2) is 0 Å². The third kappa shape index (κ3) is 5.39. The highest BCUT2D eigenvalue weighted by Gasteiger charge is 2.43. The number of amides is 2.